The lowest BCUT2D eigenvalue weighted by Gasteiger charge is -2.30. The lowest BCUT2D eigenvalue weighted by atomic mass is 9.82. The molecule has 1 aliphatic rings. The van der Waals surface area contributed by atoms with E-state index in [9.17, 15) is 0 Å². The minimum Gasteiger partial charge on any atom is -0.453 e. The molecule has 0 bridgehead atoms. The van der Waals surface area contributed by atoms with Gasteiger partial charge in [0.15, 0.2) is 5.58 Å². The molecule has 0 saturated carbocycles. The number of hydrogen-bond donors (Lipinski definition) is 0. The van der Waals surface area contributed by atoms with Gasteiger partial charge in [0, 0.05) is 38.5 Å². The minimum absolute atomic E-state index is 0.171. The van der Waals surface area contributed by atoms with Crippen molar-refractivity contribution >= 4 is 71.3 Å². The van der Waals surface area contributed by atoms with Crippen molar-refractivity contribution in [2.45, 2.75) is 19.3 Å². The molecule has 11 aromatic rings. The van der Waals surface area contributed by atoms with Gasteiger partial charge >= 0.3 is 0 Å². The third kappa shape index (κ3) is 5.06. The van der Waals surface area contributed by atoms with Crippen LogP contribution in [0.5, 0.6) is 0 Å². The molecule has 0 unspecified atom stereocenters. The molecule has 12 rings (SSSR count). The Kier molecular flexibility index (Phi) is 7.31. The predicted octanol–water partition coefficient (Wildman–Crippen LogP) is 16.2. The molecule has 0 atom stereocenters. The average molecular weight is 754 g/mol. The number of anilines is 3. The summed E-state index contributed by atoms with van der Waals surface area (Å²) in [6.45, 7) is 4.72. The number of rotatable bonds is 5. The van der Waals surface area contributed by atoms with Gasteiger partial charge in [0.25, 0.3) is 0 Å². The summed E-state index contributed by atoms with van der Waals surface area (Å²) in [5.41, 5.74) is 14.7. The van der Waals surface area contributed by atoms with E-state index in [1.165, 1.54) is 60.3 Å². The fourth-order valence-electron chi connectivity index (χ4n) is 9.94. The maximum absolute atomic E-state index is 7.41. The van der Waals surface area contributed by atoms with E-state index >= 15 is 0 Å². The zero-order valence-corrected chi connectivity index (χ0v) is 32.9. The van der Waals surface area contributed by atoms with Gasteiger partial charge in [0.1, 0.15) is 5.58 Å². The van der Waals surface area contributed by atoms with Crippen molar-refractivity contribution in [1.82, 2.24) is 0 Å². The summed E-state index contributed by atoms with van der Waals surface area (Å²) < 4.78 is 7.41. The van der Waals surface area contributed by atoms with Crippen molar-refractivity contribution in [3.8, 4) is 33.4 Å². The van der Waals surface area contributed by atoms with Gasteiger partial charge in [-0.2, -0.15) is 0 Å². The van der Waals surface area contributed by atoms with Gasteiger partial charge in [-0.3, -0.25) is 0 Å². The van der Waals surface area contributed by atoms with Crippen molar-refractivity contribution in [1.29, 1.82) is 0 Å². The molecule has 0 fully saturated rings. The Bertz CT molecular complexity index is 3460. The van der Waals surface area contributed by atoms with Gasteiger partial charge < -0.3 is 9.32 Å². The van der Waals surface area contributed by atoms with Crippen LogP contribution < -0.4 is 4.90 Å². The highest BCUT2D eigenvalue weighted by molar-refractivity contribution is 6.31. The Balaban J connectivity index is 1.20. The molecular weight excluding hydrogens is 715 g/mol. The summed E-state index contributed by atoms with van der Waals surface area (Å²) in [5.74, 6) is 0. The molecule has 2 nitrogen and oxygen atoms in total. The maximum Gasteiger partial charge on any atom is 0.160 e. The number of benzene rings is 10. The van der Waals surface area contributed by atoms with E-state index in [0.717, 1.165) is 55.5 Å². The molecule has 2 heteroatoms. The van der Waals surface area contributed by atoms with E-state index in [4.69, 9.17) is 4.42 Å². The number of nitrogens with zero attached hydrogens (tertiary/aromatic N) is 1. The molecule has 59 heavy (non-hydrogen) atoms. The monoisotopic (exact) mass is 753 g/mol. The van der Waals surface area contributed by atoms with Gasteiger partial charge in [-0.1, -0.05) is 178 Å². The summed E-state index contributed by atoms with van der Waals surface area (Å²) >= 11 is 0. The van der Waals surface area contributed by atoms with E-state index in [1.54, 1.807) is 0 Å². The fourth-order valence-corrected chi connectivity index (χ4v) is 9.94. The standard InChI is InChI=1S/C57H39NO/c1-57(2)51-23-13-12-20-46(51)47-31-30-42(35-52(47)57)58(41-28-26-38(27-29-41)36-14-4-3-5-15-36)54-43(40-25-24-37-16-6-7-17-39(37)34-40)32-33-50-53-48-21-10-8-18-44(48)45-19-9-11-22-49(45)55(53)59-56(50)54/h3-35H,1-2H3. The Morgan fingerprint density at radius 1 is 0.373 bits per heavy atom. The first-order valence-corrected chi connectivity index (χ1v) is 20.5. The summed E-state index contributed by atoms with van der Waals surface area (Å²) in [6, 6.07) is 73.1. The fraction of sp³-hybridized carbons (Fsp3) is 0.0526. The highest BCUT2D eigenvalue weighted by Gasteiger charge is 2.36. The molecule has 0 spiro atoms. The molecule has 1 aliphatic carbocycles. The summed E-state index contributed by atoms with van der Waals surface area (Å²) in [7, 11) is 0. The van der Waals surface area contributed by atoms with Crippen LogP contribution in [-0.2, 0) is 5.41 Å². The second-order valence-corrected chi connectivity index (χ2v) is 16.4. The number of fused-ring (bicyclic) bond motifs is 12. The Labute approximate surface area is 343 Å². The number of hydrogen-bond acceptors (Lipinski definition) is 2. The van der Waals surface area contributed by atoms with Crippen LogP contribution in [0.15, 0.2) is 205 Å². The maximum atomic E-state index is 7.41. The van der Waals surface area contributed by atoms with Crippen molar-refractivity contribution in [3.63, 3.8) is 0 Å². The van der Waals surface area contributed by atoms with Crippen molar-refractivity contribution < 1.29 is 4.42 Å². The third-order valence-corrected chi connectivity index (χ3v) is 12.8. The second kappa shape index (κ2) is 12.8. The lowest BCUT2D eigenvalue weighted by Crippen LogP contribution is -2.17. The lowest BCUT2D eigenvalue weighted by molar-refractivity contribution is 0.660. The van der Waals surface area contributed by atoms with Crippen LogP contribution in [0, 0.1) is 0 Å². The zero-order valence-electron chi connectivity index (χ0n) is 32.9. The second-order valence-electron chi connectivity index (χ2n) is 16.4. The molecule has 0 aliphatic heterocycles. The van der Waals surface area contributed by atoms with Crippen molar-refractivity contribution in [3.05, 3.63) is 211 Å². The van der Waals surface area contributed by atoms with Gasteiger partial charge in [-0.15, -0.1) is 0 Å². The van der Waals surface area contributed by atoms with Crippen LogP contribution in [-0.4, -0.2) is 0 Å². The average Bonchev–Trinajstić information content (AvgIpc) is 3.80. The van der Waals surface area contributed by atoms with E-state index in [2.05, 4.69) is 219 Å². The molecule has 1 aromatic heterocycles. The predicted molar refractivity (Wildman–Crippen MR) is 249 cm³/mol. The molecular formula is C57H39NO. The highest BCUT2D eigenvalue weighted by atomic mass is 16.3. The SMILES string of the molecule is CC1(C)c2ccccc2-c2ccc(N(c3ccc(-c4ccccc4)cc3)c3c(-c4ccc5ccccc5c4)ccc4c3oc3c5ccccc5c5ccccc5c43)cc21. The molecule has 10 aromatic carbocycles. The van der Waals surface area contributed by atoms with Crippen LogP contribution in [0.25, 0.3) is 87.6 Å². The normalized spacial score (nSPS) is 13.1. The van der Waals surface area contributed by atoms with E-state index in [-0.39, 0.29) is 5.41 Å². The van der Waals surface area contributed by atoms with Gasteiger partial charge in [-0.25, -0.2) is 0 Å². The first-order chi connectivity index (χ1) is 29.0. The summed E-state index contributed by atoms with van der Waals surface area (Å²) in [4.78, 5) is 2.45. The number of furan rings is 1. The Morgan fingerprint density at radius 2 is 0.966 bits per heavy atom. The first-order valence-electron chi connectivity index (χ1n) is 20.5. The van der Waals surface area contributed by atoms with Gasteiger partial charge in [0.2, 0.25) is 0 Å². The molecule has 0 radical (unpaired) electrons. The summed E-state index contributed by atoms with van der Waals surface area (Å²) in [6.07, 6.45) is 0. The highest BCUT2D eigenvalue weighted by Crippen LogP contribution is 2.54. The molecule has 0 N–H and O–H groups in total. The smallest absolute Gasteiger partial charge is 0.160 e. The van der Waals surface area contributed by atoms with Crippen LogP contribution >= 0.6 is 0 Å². The first kappa shape index (κ1) is 33.7. The molecule has 0 amide bonds. The Hall–Kier alpha value is -7.42. The quantitative estimate of drug-likeness (QED) is 0.163. The van der Waals surface area contributed by atoms with Crippen molar-refractivity contribution in [2.75, 3.05) is 4.90 Å². The van der Waals surface area contributed by atoms with E-state index < -0.39 is 0 Å². The molecule has 278 valence electrons. The van der Waals surface area contributed by atoms with Gasteiger partial charge in [-0.05, 0) is 102 Å². The van der Waals surface area contributed by atoms with Crippen LogP contribution in [0.1, 0.15) is 25.0 Å². The van der Waals surface area contributed by atoms with E-state index in [0.29, 0.717) is 0 Å². The third-order valence-electron chi connectivity index (χ3n) is 12.8. The van der Waals surface area contributed by atoms with Crippen molar-refractivity contribution in [2.24, 2.45) is 0 Å². The van der Waals surface area contributed by atoms with Gasteiger partial charge in [0.05, 0.1) is 5.69 Å². The van der Waals surface area contributed by atoms with Crippen LogP contribution in [0.3, 0.4) is 0 Å². The summed E-state index contributed by atoms with van der Waals surface area (Å²) in [5, 5.41) is 9.40. The van der Waals surface area contributed by atoms with Crippen LogP contribution in [0.2, 0.25) is 0 Å². The topological polar surface area (TPSA) is 16.4 Å². The largest absolute Gasteiger partial charge is 0.453 e. The Morgan fingerprint density at radius 3 is 1.78 bits per heavy atom. The van der Waals surface area contributed by atoms with E-state index in [1.807, 2.05) is 0 Å². The van der Waals surface area contributed by atoms with Crippen LogP contribution in [0.4, 0.5) is 17.1 Å². The molecule has 0 saturated heterocycles. The zero-order chi connectivity index (χ0) is 39.2. The minimum atomic E-state index is -0.171. The molecule has 1 heterocycles.